The Morgan fingerprint density at radius 1 is 1.00 bits per heavy atom. The van der Waals surface area contributed by atoms with Crippen LogP contribution in [0.25, 0.3) is 0 Å². The number of ether oxygens (including phenoxy) is 1. The molecule has 0 radical (unpaired) electrons. The van der Waals surface area contributed by atoms with Gasteiger partial charge in [0.25, 0.3) is 0 Å². The summed E-state index contributed by atoms with van der Waals surface area (Å²) in [6, 6.07) is 8.62. The number of hydrogen-bond donors (Lipinski definition) is 1. The third kappa shape index (κ3) is 7.48. The summed E-state index contributed by atoms with van der Waals surface area (Å²) in [4.78, 5) is 26.9. The van der Waals surface area contributed by atoms with Crippen molar-refractivity contribution in [2.45, 2.75) is 51.9 Å². The molecule has 0 aliphatic carbocycles. The highest BCUT2D eigenvalue weighted by molar-refractivity contribution is 8.14. The molecule has 0 spiro atoms. The fourth-order valence-corrected chi connectivity index (χ4v) is 3.43. The number of thioether (sulfide) groups is 1. The molecule has 0 bridgehead atoms. The Labute approximate surface area is 159 Å². The van der Waals surface area contributed by atoms with E-state index in [2.05, 4.69) is 11.9 Å². The van der Waals surface area contributed by atoms with E-state index in [1.54, 1.807) is 36.7 Å². The summed E-state index contributed by atoms with van der Waals surface area (Å²) in [5.74, 6) is 1.00. The Kier molecular flexibility index (Phi) is 9.04. The molecule has 1 aromatic carbocycles. The van der Waals surface area contributed by atoms with Crippen molar-refractivity contribution in [1.82, 2.24) is 4.98 Å². The smallest absolute Gasteiger partial charge is 0.315 e. The van der Waals surface area contributed by atoms with Crippen LogP contribution in [0.4, 0.5) is 0 Å². The maximum Gasteiger partial charge on any atom is 0.315 e. The Hall–Kier alpha value is -2.01. The number of benzene rings is 1. The molecular weight excluding hydrogens is 346 g/mol. The first-order chi connectivity index (χ1) is 12.7. The molecule has 0 unspecified atom stereocenters. The van der Waals surface area contributed by atoms with Crippen LogP contribution in [0.15, 0.2) is 42.7 Å². The van der Waals surface area contributed by atoms with E-state index in [1.165, 1.54) is 43.9 Å². The summed E-state index contributed by atoms with van der Waals surface area (Å²) >= 11 is 1.37. The zero-order valence-corrected chi connectivity index (χ0v) is 16.1. The molecule has 2 aromatic rings. The van der Waals surface area contributed by atoms with Crippen LogP contribution in [-0.4, -0.2) is 21.8 Å². The maximum atomic E-state index is 12.2. The van der Waals surface area contributed by atoms with Crippen molar-refractivity contribution in [2.75, 3.05) is 5.75 Å². The number of aromatic amines is 1. The van der Waals surface area contributed by atoms with Gasteiger partial charge in [0.05, 0.1) is 6.42 Å². The molecule has 0 aliphatic rings. The molecular formula is C21H27NO3S. The first kappa shape index (κ1) is 20.3. The minimum atomic E-state index is -0.318. The average molecular weight is 374 g/mol. The van der Waals surface area contributed by atoms with E-state index in [9.17, 15) is 9.59 Å². The lowest BCUT2D eigenvalue weighted by Crippen LogP contribution is -2.10. The Morgan fingerprint density at radius 3 is 2.42 bits per heavy atom. The van der Waals surface area contributed by atoms with Gasteiger partial charge in [0, 0.05) is 23.7 Å². The highest BCUT2D eigenvalue weighted by Gasteiger charge is 2.09. The summed E-state index contributed by atoms with van der Waals surface area (Å²) in [5, 5.41) is 0.0729. The monoisotopic (exact) mass is 373 g/mol. The van der Waals surface area contributed by atoms with Crippen LogP contribution in [0.5, 0.6) is 5.75 Å². The molecule has 2 rings (SSSR count). The molecule has 0 saturated heterocycles. The predicted octanol–water partition coefficient (Wildman–Crippen LogP) is 5.40. The number of hydrogen-bond acceptors (Lipinski definition) is 4. The second-order valence-electron chi connectivity index (χ2n) is 6.30. The topological polar surface area (TPSA) is 59.2 Å². The van der Waals surface area contributed by atoms with Crippen LogP contribution in [-0.2, 0) is 11.2 Å². The number of nitrogens with one attached hydrogen (secondary N) is 1. The van der Waals surface area contributed by atoms with E-state index in [4.69, 9.17) is 4.74 Å². The zero-order valence-electron chi connectivity index (χ0n) is 15.3. The highest BCUT2D eigenvalue weighted by Crippen LogP contribution is 2.19. The van der Waals surface area contributed by atoms with E-state index in [-0.39, 0.29) is 17.5 Å². The van der Waals surface area contributed by atoms with Crippen molar-refractivity contribution < 1.29 is 14.3 Å². The van der Waals surface area contributed by atoms with E-state index >= 15 is 0 Å². The lowest BCUT2D eigenvalue weighted by Gasteiger charge is -2.05. The van der Waals surface area contributed by atoms with Gasteiger partial charge in [-0.3, -0.25) is 9.59 Å². The average Bonchev–Trinajstić information content (AvgIpc) is 3.14. The van der Waals surface area contributed by atoms with Gasteiger partial charge < -0.3 is 9.72 Å². The van der Waals surface area contributed by atoms with E-state index in [0.29, 0.717) is 11.3 Å². The molecule has 0 saturated carbocycles. The van der Waals surface area contributed by atoms with Gasteiger partial charge in [-0.05, 0) is 42.3 Å². The molecule has 4 nitrogen and oxygen atoms in total. The lowest BCUT2D eigenvalue weighted by atomic mass is 10.1. The van der Waals surface area contributed by atoms with E-state index in [1.807, 2.05) is 6.07 Å². The van der Waals surface area contributed by atoms with Gasteiger partial charge in [-0.1, -0.05) is 50.8 Å². The summed E-state index contributed by atoms with van der Waals surface area (Å²) in [6.07, 6.45) is 11.1. The zero-order chi connectivity index (χ0) is 18.6. The van der Waals surface area contributed by atoms with Crippen molar-refractivity contribution in [2.24, 2.45) is 0 Å². The third-order valence-corrected chi connectivity index (χ3v) is 5.05. The Bertz CT molecular complexity index is 665. The predicted molar refractivity (Wildman–Crippen MR) is 107 cm³/mol. The van der Waals surface area contributed by atoms with Crippen molar-refractivity contribution in [3.05, 3.63) is 53.9 Å². The number of unbranched alkanes of at least 4 members (excludes halogenated alkanes) is 5. The van der Waals surface area contributed by atoms with Crippen LogP contribution in [0, 0.1) is 0 Å². The normalized spacial score (nSPS) is 10.7. The fraction of sp³-hybridized carbons (Fsp3) is 0.429. The molecule has 1 aromatic heterocycles. The molecule has 1 heterocycles. The van der Waals surface area contributed by atoms with Crippen LogP contribution in [0.3, 0.4) is 0 Å². The number of carbonyl (C=O) groups is 2. The van der Waals surface area contributed by atoms with Gasteiger partial charge in [0.15, 0.2) is 0 Å². The summed E-state index contributed by atoms with van der Waals surface area (Å²) in [5.41, 5.74) is 1.53. The Balaban J connectivity index is 1.69. The molecule has 140 valence electrons. The largest absolute Gasteiger partial charge is 0.426 e. The standard InChI is InChI=1S/C21H27NO3S/c1-2-3-4-5-6-7-14-26-21(24)18-8-10-19(11-9-18)25-20(23)15-17-12-13-22-16-17/h8-13,16,22H,2-7,14-15H2,1H3. The van der Waals surface area contributed by atoms with Crippen molar-refractivity contribution in [3.63, 3.8) is 0 Å². The van der Waals surface area contributed by atoms with Crippen LogP contribution < -0.4 is 4.74 Å². The second kappa shape index (κ2) is 11.6. The summed E-state index contributed by atoms with van der Waals surface area (Å²) in [6.45, 7) is 2.21. The van der Waals surface area contributed by atoms with Gasteiger partial charge in [0.2, 0.25) is 5.12 Å². The molecule has 0 amide bonds. The van der Waals surface area contributed by atoms with Crippen molar-refractivity contribution >= 4 is 22.8 Å². The minimum Gasteiger partial charge on any atom is -0.426 e. The third-order valence-electron chi connectivity index (χ3n) is 4.06. The molecule has 1 N–H and O–H groups in total. The van der Waals surface area contributed by atoms with Gasteiger partial charge in [0.1, 0.15) is 5.75 Å². The molecule has 26 heavy (non-hydrogen) atoms. The van der Waals surface area contributed by atoms with E-state index < -0.39 is 0 Å². The summed E-state index contributed by atoms with van der Waals surface area (Å²) < 4.78 is 5.30. The highest BCUT2D eigenvalue weighted by atomic mass is 32.2. The van der Waals surface area contributed by atoms with E-state index in [0.717, 1.165) is 17.7 Å². The first-order valence-electron chi connectivity index (χ1n) is 9.28. The van der Waals surface area contributed by atoms with Gasteiger partial charge >= 0.3 is 5.97 Å². The van der Waals surface area contributed by atoms with Gasteiger partial charge in [-0.15, -0.1) is 0 Å². The van der Waals surface area contributed by atoms with Crippen LogP contribution >= 0.6 is 11.8 Å². The summed E-state index contributed by atoms with van der Waals surface area (Å²) in [7, 11) is 0. The molecule has 0 fully saturated rings. The van der Waals surface area contributed by atoms with Crippen molar-refractivity contribution in [1.29, 1.82) is 0 Å². The molecule has 0 atom stereocenters. The van der Waals surface area contributed by atoms with Crippen LogP contribution in [0.1, 0.15) is 61.4 Å². The number of H-pyrrole nitrogens is 1. The quantitative estimate of drug-likeness (QED) is 0.326. The number of rotatable bonds is 11. The Morgan fingerprint density at radius 2 is 1.73 bits per heavy atom. The lowest BCUT2D eigenvalue weighted by molar-refractivity contribution is -0.133. The SMILES string of the molecule is CCCCCCCCSC(=O)c1ccc(OC(=O)Cc2cc[nH]c2)cc1. The molecule has 5 heteroatoms. The van der Waals surface area contributed by atoms with Gasteiger partial charge in [-0.25, -0.2) is 0 Å². The first-order valence-corrected chi connectivity index (χ1v) is 10.3. The van der Waals surface area contributed by atoms with Gasteiger partial charge in [-0.2, -0.15) is 0 Å². The second-order valence-corrected chi connectivity index (χ2v) is 7.37. The fourth-order valence-electron chi connectivity index (χ4n) is 2.59. The molecule has 0 aliphatic heterocycles. The minimum absolute atomic E-state index is 0.0729. The van der Waals surface area contributed by atoms with Crippen LogP contribution in [0.2, 0.25) is 0 Å². The number of carbonyl (C=O) groups excluding carboxylic acids is 2. The maximum absolute atomic E-state index is 12.2. The van der Waals surface area contributed by atoms with Crippen molar-refractivity contribution in [3.8, 4) is 5.75 Å². The number of esters is 1. The number of aromatic nitrogens is 1.